The smallest absolute Gasteiger partial charge is 0.287 e. The molecular formula is C15H18N2O2. The van der Waals surface area contributed by atoms with E-state index in [1.54, 1.807) is 12.1 Å². The summed E-state index contributed by atoms with van der Waals surface area (Å²) in [5.41, 5.74) is 6.74. The number of carbonyl (C=O) groups is 1. The minimum Gasteiger partial charge on any atom is -0.454 e. The fourth-order valence-corrected chi connectivity index (χ4v) is 1.81. The third-order valence-corrected chi connectivity index (χ3v) is 2.95. The van der Waals surface area contributed by atoms with Crippen LogP contribution >= 0.6 is 0 Å². The van der Waals surface area contributed by atoms with Crippen molar-refractivity contribution in [2.45, 2.75) is 25.9 Å². The number of rotatable bonds is 4. The van der Waals surface area contributed by atoms with E-state index in [0.29, 0.717) is 5.76 Å². The van der Waals surface area contributed by atoms with Crippen LogP contribution in [-0.4, -0.2) is 5.91 Å². The summed E-state index contributed by atoms with van der Waals surface area (Å²) in [6.45, 7) is 3.75. The van der Waals surface area contributed by atoms with Gasteiger partial charge in [0.2, 0.25) is 0 Å². The minimum atomic E-state index is -0.233. The van der Waals surface area contributed by atoms with E-state index in [1.165, 1.54) is 0 Å². The Hall–Kier alpha value is -2.07. The summed E-state index contributed by atoms with van der Waals surface area (Å²) in [7, 11) is 0. The van der Waals surface area contributed by atoms with Crippen molar-refractivity contribution in [2.24, 2.45) is 5.73 Å². The summed E-state index contributed by atoms with van der Waals surface area (Å²) < 4.78 is 5.41. The molecule has 2 aromatic rings. The third-order valence-electron chi connectivity index (χ3n) is 2.95. The van der Waals surface area contributed by atoms with Crippen molar-refractivity contribution >= 4 is 5.91 Å². The zero-order chi connectivity index (χ0) is 13.8. The average molecular weight is 258 g/mol. The van der Waals surface area contributed by atoms with Gasteiger partial charge in [0, 0.05) is 0 Å². The van der Waals surface area contributed by atoms with E-state index < -0.39 is 0 Å². The van der Waals surface area contributed by atoms with Gasteiger partial charge in [-0.1, -0.05) is 30.3 Å². The molecule has 0 aliphatic rings. The Morgan fingerprint density at radius 1 is 1.16 bits per heavy atom. The number of nitrogens with one attached hydrogen (secondary N) is 1. The van der Waals surface area contributed by atoms with Gasteiger partial charge in [0.15, 0.2) is 5.76 Å². The molecule has 2 atom stereocenters. The number of hydrogen-bond acceptors (Lipinski definition) is 3. The highest BCUT2D eigenvalue weighted by molar-refractivity contribution is 5.91. The second-order valence-corrected chi connectivity index (χ2v) is 4.60. The van der Waals surface area contributed by atoms with Crippen molar-refractivity contribution in [3.63, 3.8) is 0 Å². The molecule has 0 saturated carbocycles. The zero-order valence-electron chi connectivity index (χ0n) is 11.1. The van der Waals surface area contributed by atoms with Crippen LogP contribution in [0.15, 0.2) is 46.9 Å². The van der Waals surface area contributed by atoms with Crippen molar-refractivity contribution in [1.82, 2.24) is 5.32 Å². The molecule has 3 N–H and O–H groups in total. The Balaban J connectivity index is 2.04. The standard InChI is InChI=1S/C15H18N2O2/c1-10(16)13-8-9-14(19-13)15(18)17-11(2)12-6-4-3-5-7-12/h3-11H,16H2,1-2H3,(H,17,18). The molecule has 1 amide bonds. The van der Waals surface area contributed by atoms with Gasteiger partial charge in [-0.2, -0.15) is 0 Å². The van der Waals surface area contributed by atoms with Gasteiger partial charge in [0.1, 0.15) is 5.76 Å². The normalized spacial score (nSPS) is 13.8. The van der Waals surface area contributed by atoms with Gasteiger partial charge in [-0.05, 0) is 31.5 Å². The van der Waals surface area contributed by atoms with E-state index in [0.717, 1.165) is 5.56 Å². The lowest BCUT2D eigenvalue weighted by Gasteiger charge is -2.13. The minimum absolute atomic E-state index is 0.0717. The SMILES string of the molecule is CC(N)c1ccc(C(=O)NC(C)c2ccccc2)o1. The molecule has 0 bridgehead atoms. The lowest BCUT2D eigenvalue weighted by molar-refractivity contribution is 0.0909. The summed E-state index contributed by atoms with van der Waals surface area (Å²) in [6, 6.07) is 12.9. The van der Waals surface area contributed by atoms with Crippen LogP contribution in [0.5, 0.6) is 0 Å². The summed E-state index contributed by atoms with van der Waals surface area (Å²) in [4.78, 5) is 12.0. The monoisotopic (exact) mass is 258 g/mol. The van der Waals surface area contributed by atoms with E-state index in [4.69, 9.17) is 10.2 Å². The van der Waals surface area contributed by atoms with Gasteiger partial charge >= 0.3 is 0 Å². The first-order valence-electron chi connectivity index (χ1n) is 6.29. The first-order valence-corrected chi connectivity index (χ1v) is 6.29. The molecule has 100 valence electrons. The third kappa shape index (κ3) is 3.23. The summed E-state index contributed by atoms with van der Waals surface area (Å²) >= 11 is 0. The second-order valence-electron chi connectivity index (χ2n) is 4.60. The van der Waals surface area contributed by atoms with Crippen LogP contribution < -0.4 is 11.1 Å². The Labute approximate surface area is 112 Å². The second kappa shape index (κ2) is 5.71. The number of amides is 1. The average Bonchev–Trinajstić information content (AvgIpc) is 2.89. The molecular weight excluding hydrogens is 240 g/mol. The lowest BCUT2D eigenvalue weighted by Crippen LogP contribution is -2.26. The lowest BCUT2D eigenvalue weighted by atomic mass is 10.1. The Morgan fingerprint density at radius 2 is 1.84 bits per heavy atom. The zero-order valence-corrected chi connectivity index (χ0v) is 11.1. The fourth-order valence-electron chi connectivity index (χ4n) is 1.81. The van der Waals surface area contributed by atoms with Crippen LogP contribution in [-0.2, 0) is 0 Å². The highest BCUT2D eigenvalue weighted by Gasteiger charge is 2.15. The van der Waals surface area contributed by atoms with Crippen LogP contribution in [0.2, 0.25) is 0 Å². The Kier molecular flexibility index (Phi) is 4.02. The molecule has 2 rings (SSSR count). The van der Waals surface area contributed by atoms with Gasteiger partial charge < -0.3 is 15.5 Å². The van der Waals surface area contributed by atoms with E-state index >= 15 is 0 Å². The molecule has 2 unspecified atom stereocenters. The molecule has 0 aliphatic heterocycles. The maximum atomic E-state index is 12.0. The van der Waals surface area contributed by atoms with Crippen LogP contribution in [0.1, 0.15) is 47.8 Å². The first kappa shape index (κ1) is 13.4. The molecule has 0 aliphatic carbocycles. The molecule has 1 aromatic carbocycles. The van der Waals surface area contributed by atoms with E-state index in [2.05, 4.69) is 5.32 Å². The predicted molar refractivity (Wildman–Crippen MR) is 73.6 cm³/mol. The number of furan rings is 1. The fraction of sp³-hybridized carbons (Fsp3) is 0.267. The topological polar surface area (TPSA) is 68.3 Å². The van der Waals surface area contributed by atoms with Gasteiger partial charge in [-0.3, -0.25) is 4.79 Å². The molecule has 1 aromatic heterocycles. The maximum Gasteiger partial charge on any atom is 0.287 e. The highest BCUT2D eigenvalue weighted by Crippen LogP contribution is 2.16. The van der Waals surface area contributed by atoms with Crippen molar-refractivity contribution < 1.29 is 9.21 Å². The van der Waals surface area contributed by atoms with Crippen LogP contribution in [0.4, 0.5) is 0 Å². The van der Waals surface area contributed by atoms with E-state index in [-0.39, 0.29) is 23.8 Å². The van der Waals surface area contributed by atoms with Gasteiger partial charge in [0.05, 0.1) is 12.1 Å². The van der Waals surface area contributed by atoms with Crippen molar-refractivity contribution in [1.29, 1.82) is 0 Å². The number of hydrogen-bond donors (Lipinski definition) is 2. The van der Waals surface area contributed by atoms with Crippen LogP contribution in [0.25, 0.3) is 0 Å². The molecule has 19 heavy (non-hydrogen) atoms. The molecule has 4 nitrogen and oxygen atoms in total. The highest BCUT2D eigenvalue weighted by atomic mass is 16.4. The van der Waals surface area contributed by atoms with Crippen LogP contribution in [0.3, 0.4) is 0 Å². The summed E-state index contributed by atoms with van der Waals surface area (Å²) in [5, 5.41) is 2.89. The van der Waals surface area contributed by atoms with Gasteiger partial charge in [0.25, 0.3) is 5.91 Å². The van der Waals surface area contributed by atoms with Crippen molar-refractivity contribution in [3.8, 4) is 0 Å². The molecule has 0 saturated heterocycles. The van der Waals surface area contributed by atoms with Crippen LogP contribution in [0, 0.1) is 0 Å². The molecule has 4 heteroatoms. The Morgan fingerprint density at radius 3 is 2.42 bits per heavy atom. The van der Waals surface area contributed by atoms with E-state index in [9.17, 15) is 4.79 Å². The predicted octanol–water partition coefficient (Wildman–Crippen LogP) is 2.79. The largest absolute Gasteiger partial charge is 0.454 e. The molecule has 1 heterocycles. The molecule has 0 radical (unpaired) electrons. The van der Waals surface area contributed by atoms with E-state index in [1.807, 2.05) is 44.2 Å². The van der Waals surface area contributed by atoms with Crippen molar-refractivity contribution in [3.05, 3.63) is 59.5 Å². The summed E-state index contributed by atoms with van der Waals surface area (Å²) in [5.74, 6) is 0.663. The van der Waals surface area contributed by atoms with Gasteiger partial charge in [-0.15, -0.1) is 0 Å². The quantitative estimate of drug-likeness (QED) is 0.886. The number of benzene rings is 1. The summed E-state index contributed by atoms with van der Waals surface area (Å²) in [6.07, 6.45) is 0. The van der Waals surface area contributed by atoms with Crippen molar-refractivity contribution in [2.75, 3.05) is 0 Å². The number of carbonyl (C=O) groups excluding carboxylic acids is 1. The molecule has 0 fully saturated rings. The maximum absolute atomic E-state index is 12.0. The molecule has 0 spiro atoms. The number of nitrogens with two attached hydrogens (primary N) is 1. The first-order chi connectivity index (χ1) is 9.08. The Bertz CT molecular complexity index is 546. The van der Waals surface area contributed by atoms with Gasteiger partial charge in [-0.25, -0.2) is 0 Å².